The summed E-state index contributed by atoms with van der Waals surface area (Å²) in [5, 5.41) is 3.16. The van der Waals surface area contributed by atoms with Gasteiger partial charge in [-0.1, -0.05) is 13.0 Å². The molecule has 0 saturated carbocycles. The second kappa shape index (κ2) is 6.61. The van der Waals surface area contributed by atoms with Gasteiger partial charge in [-0.25, -0.2) is 0 Å². The third kappa shape index (κ3) is 4.54. The van der Waals surface area contributed by atoms with E-state index < -0.39 is 10.1 Å². The van der Waals surface area contributed by atoms with Gasteiger partial charge in [0.05, 0.1) is 12.9 Å². The highest BCUT2D eigenvalue weighted by atomic mass is 32.2. The number of hydrogen-bond acceptors (Lipinski definition) is 4. The van der Waals surface area contributed by atoms with Crippen LogP contribution in [-0.4, -0.2) is 32.4 Å². The normalized spacial score (nSPS) is 11.3. The molecular weight excluding hydrogens is 254 g/mol. The lowest BCUT2D eigenvalue weighted by Crippen LogP contribution is -2.11. The molecule has 102 valence electrons. The van der Waals surface area contributed by atoms with Gasteiger partial charge in [-0.3, -0.25) is 4.55 Å². The Morgan fingerprint density at radius 1 is 1.39 bits per heavy atom. The zero-order valence-corrected chi connectivity index (χ0v) is 11.5. The molecule has 0 aliphatic rings. The Balaban J connectivity index is 2.62. The Morgan fingerprint density at radius 2 is 2.11 bits per heavy atom. The van der Waals surface area contributed by atoms with Crippen molar-refractivity contribution in [2.24, 2.45) is 0 Å². The van der Waals surface area contributed by atoms with Crippen molar-refractivity contribution in [2.75, 3.05) is 24.7 Å². The monoisotopic (exact) mass is 273 g/mol. The lowest BCUT2D eigenvalue weighted by molar-refractivity contribution is 0.410. The summed E-state index contributed by atoms with van der Waals surface area (Å²) in [4.78, 5) is 0. The summed E-state index contributed by atoms with van der Waals surface area (Å²) in [6, 6.07) is 5.69. The largest absolute Gasteiger partial charge is 0.496 e. The Hall–Kier alpha value is -1.27. The number of benzene rings is 1. The van der Waals surface area contributed by atoms with Crippen LogP contribution in [0, 0.1) is 0 Å². The lowest BCUT2D eigenvalue weighted by atomic mass is 10.1. The smallest absolute Gasteiger partial charge is 0.264 e. The van der Waals surface area contributed by atoms with Crippen molar-refractivity contribution < 1.29 is 17.7 Å². The van der Waals surface area contributed by atoms with Crippen LogP contribution in [0.1, 0.15) is 18.9 Å². The van der Waals surface area contributed by atoms with Crippen LogP contribution < -0.4 is 10.1 Å². The maximum absolute atomic E-state index is 10.6. The van der Waals surface area contributed by atoms with Crippen molar-refractivity contribution >= 4 is 15.8 Å². The second-order valence-corrected chi connectivity index (χ2v) is 5.48. The van der Waals surface area contributed by atoms with Gasteiger partial charge in [0.15, 0.2) is 0 Å². The van der Waals surface area contributed by atoms with Gasteiger partial charge in [0.1, 0.15) is 5.75 Å². The van der Waals surface area contributed by atoms with Gasteiger partial charge in [0.2, 0.25) is 0 Å². The SMILES string of the molecule is CCc1c(NCCCS(=O)(=O)O)cccc1OC. The highest BCUT2D eigenvalue weighted by Crippen LogP contribution is 2.26. The van der Waals surface area contributed by atoms with Crippen molar-refractivity contribution in [1.29, 1.82) is 0 Å². The molecule has 0 amide bonds. The fourth-order valence-corrected chi connectivity index (χ4v) is 2.27. The summed E-state index contributed by atoms with van der Waals surface area (Å²) in [6.07, 6.45) is 1.18. The first-order valence-corrected chi connectivity index (χ1v) is 7.43. The molecule has 0 aromatic heterocycles. The maximum atomic E-state index is 10.6. The summed E-state index contributed by atoms with van der Waals surface area (Å²) in [5.74, 6) is 0.586. The Bertz CT molecular complexity index is 485. The molecule has 0 unspecified atom stereocenters. The average Bonchev–Trinajstić information content (AvgIpc) is 2.32. The molecule has 0 atom stereocenters. The highest BCUT2D eigenvalue weighted by Gasteiger charge is 2.07. The second-order valence-electron chi connectivity index (χ2n) is 3.91. The van der Waals surface area contributed by atoms with E-state index in [-0.39, 0.29) is 5.75 Å². The predicted molar refractivity (Wildman–Crippen MR) is 71.9 cm³/mol. The molecule has 18 heavy (non-hydrogen) atoms. The van der Waals surface area contributed by atoms with Crippen LogP contribution in [0.25, 0.3) is 0 Å². The molecule has 2 N–H and O–H groups in total. The van der Waals surface area contributed by atoms with Crippen molar-refractivity contribution in [3.05, 3.63) is 23.8 Å². The Morgan fingerprint density at radius 3 is 2.67 bits per heavy atom. The first-order chi connectivity index (χ1) is 8.48. The number of rotatable bonds is 7. The zero-order chi connectivity index (χ0) is 13.6. The molecule has 0 aliphatic heterocycles. The van der Waals surface area contributed by atoms with E-state index in [0.717, 1.165) is 23.4 Å². The van der Waals surface area contributed by atoms with E-state index >= 15 is 0 Å². The van der Waals surface area contributed by atoms with Crippen LogP contribution >= 0.6 is 0 Å². The van der Waals surface area contributed by atoms with Gasteiger partial charge < -0.3 is 10.1 Å². The average molecular weight is 273 g/mol. The molecule has 0 aliphatic carbocycles. The molecular formula is C12H19NO4S. The molecule has 5 nitrogen and oxygen atoms in total. The topological polar surface area (TPSA) is 75.6 Å². The third-order valence-corrected chi connectivity index (χ3v) is 3.41. The zero-order valence-electron chi connectivity index (χ0n) is 10.6. The number of nitrogens with one attached hydrogen (secondary N) is 1. The summed E-state index contributed by atoms with van der Waals surface area (Å²) >= 11 is 0. The standard InChI is InChI=1S/C12H19NO4S/c1-3-10-11(6-4-7-12(10)17-2)13-8-5-9-18(14,15)16/h4,6-7,13H,3,5,8-9H2,1-2H3,(H,14,15,16). The number of hydrogen-bond donors (Lipinski definition) is 2. The van der Waals surface area contributed by atoms with E-state index in [2.05, 4.69) is 5.32 Å². The van der Waals surface area contributed by atoms with E-state index in [1.54, 1.807) is 7.11 Å². The Labute approximate surface area is 108 Å². The number of ether oxygens (including phenoxy) is 1. The van der Waals surface area contributed by atoms with E-state index in [1.807, 2.05) is 25.1 Å². The van der Waals surface area contributed by atoms with E-state index in [1.165, 1.54) is 0 Å². The van der Waals surface area contributed by atoms with Gasteiger partial charge in [0, 0.05) is 17.8 Å². The van der Waals surface area contributed by atoms with Crippen molar-refractivity contribution in [3.63, 3.8) is 0 Å². The fraction of sp³-hybridized carbons (Fsp3) is 0.500. The van der Waals surface area contributed by atoms with E-state index in [4.69, 9.17) is 9.29 Å². The van der Waals surface area contributed by atoms with Crippen LogP contribution in [0.2, 0.25) is 0 Å². The lowest BCUT2D eigenvalue weighted by Gasteiger charge is -2.14. The first kappa shape index (κ1) is 14.8. The van der Waals surface area contributed by atoms with Crippen molar-refractivity contribution in [2.45, 2.75) is 19.8 Å². The van der Waals surface area contributed by atoms with E-state index in [0.29, 0.717) is 13.0 Å². The van der Waals surface area contributed by atoms with Gasteiger partial charge in [-0.2, -0.15) is 8.42 Å². The van der Waals surface area contributed by atoms with Crippen LogP contribution in [0.5, 0.6) is 5.75 Å². The molecule has 0 bridgehead atoms. The molecule has 1 rings (SSSR count). The maximum Gasteiger partial charge on any atom is 0.264 e. The molecule has 0 heterocycles. The summed E-state index contributed by atoms with van der Waals surface area (Å²) in [6.45, 7) is 2.52. The van der Waals surface area contributed by atoms with Crippen molar-refractivity contribution in [3.8, 4) is 5.75 Å². The van der Waals surface area contributed by atoms with Crippen LogP contribution in [0.15, 0.2) is 18.2 Å². The van der Waals surface area contributed by atoms with Gasteiger partial charge in [-0.15, -0.1) is 0 Å². The fourth-order valence-electron chi connectivity index (χ4n) is 1.76. The molecule has 0 fully saturated rings. The van der Waals surface area contributed by atoms with Crippen LogP contribution in [-0.2, 0) is 16.5 Å². The van der Waals surface area contributed by atoms with Crippen LogP contribution in [0.4, 0.5) is 5.69 Å². The molecule has 0 saturated heterocycles. The highest BCUT2D eigenvalue weighted by molar-refractivity contribution is 7.85. The first-order valence-electron chi connectivity index (χ1n) is 5.83. The molecule has 1 aromatic carbocycles. The van der Waals surface area contributed by atoms with Gasteiger partial charge in [0.25, 0.3) is 10.1 Å². The molecule has 0 spiro atoms. The minimum atomic E-state index is -3.87. The predicted octanol–water partition coefficient (Wildman–Crippen LogP) is 1.95. The minimum absolute atomic E-state index is 0.231. The van der Waals surface area contributed by atoms with Crippen LogP contribution in [0.3, 0.4) is 0 Å². The third-order valence-electron chi connectivity index (χ3n) is 2.60. The summed E-state index contributed by atoms with van der Waals surface area (Å²) in [5.41, 5.74) is 2.00. The minimum Gasteiger partial charge on any atom is -0.496 e. The van der Waals surface area contributed by atoms with Gasteiger partial charge >= 0.3 is 0 Å². The molecule has 1 aromatic rings. The molecule has 0 radical (unpaired) electrons. The Kier molecular flexibility index (Phi) is 5.43. The molecule has 6 heteroatoms. The quantitative estimate of drug-likeness (QED) is 0.586. The van der Waals surface area contributed by atoms with Crippen molar-refractivity contribution in [1.82, 2.24) is 0 Å². The number of methoxy groups -OCH3 is 1. The number of anilines is 1. The van der Waals surface area contributed by atoms with Gasteiger partial charge in [-0.05, 0) is 25.0 Å². The van der Waals surface area contributed by atoms with E-state index in [9.17, 15) is 8.42 Å². The summed E-state index contributed by atoms with van der Waals surface area (Å²) in [7, 11) is -2.25. The summed E-state index contributed by atoms with van der Waals surface area (Å²) < 4.78 is 35.0.